The highest BCUT2D eigenvalue weighted by molar-refractivity contribution is 5.94. The predicted molar refractivity (Wildman–Crippen MR) is 105 cm³/mol. The summed E-state index contributed by atoms with van der Waals surface area (Å²) in [5.41, 5.74) is 3.15. The average Bonchev–Trinajstić information content (AvgIpc) is 2.73. The molecular formula is C22H23N3O2. The van der Waals surface area contributed by atoms with Crippen molar-refractivity contribution in [2.45, 2.75) is 38.1 Å². The molecule has 0 aliphatic carbocycles. The minimum atomic E-state index is -0.0244. The fraction of sp³-hybridized carbons (Fsp3) is 0.318. The molecule has 1 aliphatic heterocycles. The zero-order chi connectivity index (χ0) is 18.6. The van der Waals surface area contributed by atoms with Gasteiger partial charge in [-0.3, -0.25) is 9.78 Å². The molecule has 1 aromatic heterocycles. The molecule has 1 saturated heterocycles. The van der Waals surface area contributed by atoms with E-state index in [0.29, 0.717) is 5.69 Å². The number of carbonyl (C=O) groups is 1. The molecule has 0 bridgehead atoms. The standard InChI is InChI=1S/C22H23N3O2/c26-18-12-9-16(10-13-18)8-11-17-5-3-4-14-25(17)22(27)21-15-23-19-6-1-2-7-20(19)24-21/h1-2,6-7,9-10,12-13,15,17,26H,3-5,8,11,14H2. The second-order valence-corrected chi connectivity index (χ2v) is 7.10. The topological polar surface area (TPSA) is 66.3 Å². The number of hydrogen-bond donors (Lipinski definition) is 1. The molecule has 138 valence electrons. The Kier molecular flexibility index (Phi) is 5.01. The van der Waals surface area contributed by atoms with Crippen molar-refractivity contribution in [2.24, 2.45) is 0 Å². The lowest BCUT2D eigenvalue weighted by atomic mass is 9.95. The van der Waals surface area contributed by atoms with Crippen LogP contribution in [0.5, 0.6) is 5.75 Å². The van der Waals surface area contributed by atoms with Gasteiger partial charge in [0.1, 0.15) is 11.4 Å². The Morgan fingerprint density at radius 1 is 1.07 bits per heavy atom. The van der Waals surface area contributed by atoms with E-state index < -0.39 is 0 Å². The van der Waals surface area contributed by atoms with E-state index in [0.717, 1.165) is 49.7 Å². The minimum absolute atomic E-state index is 0.0244. The molecule has 1 atom stereocenters. The maximum Gasteiger partial charge on any atom is 0.274 e. The molecule has 1 unspecified atom stereocenters. The molecule has 5 heteroatoms. The third-order valence-electron chi connectivity index (χ3n) is 5.26. The van der Waals surface area contributed by atoms with Gasteiger partial charge in [-0.15, -0.1) is 0 Å². The molecule has 5 nitrogen and oxygen atoms in total. The number of piperidine rings is 1. The van der Waals surface area contributed by atoms with Crippen LogP contribution in [0.15, 0.2) is 54.7 Å². The van der Waals surface area contributed by atoms with Gasteiger partial charge in [-0.05, 0) is 61.9 Å². The first kappa shape index (κ1) is 17.5. The highest BCUT2D eigenvalue weighted by atomic mass is 16.3. The number of amides is 1. The van der Waals surface area contributed by atoms with Crippen molar-refractivity contribution < 1.29 is 9.90 Å². The van der Waals surface area contributed by atoms with Gasteiger partial charge in [-0.2, -0.15) is 0 Å². The Morgan fingerprint density at radius 2 is 1.85 bits per heavy atom. The monoisotopic (exact) mass is 361 g/mol. The number of nitrogens with zero attached hydrogens (tertiary/aromatic N) is 3. The van der Waals surface area contributed by atoms with Crippen LogP contribution >= 0.6 is 0 Å². The SMILES string of the molecule is O=C(c1cnc2ccccc2n1)N1CCCCC1CCc1ccc(O)cc1. The highest BCUT2D eigenvalue weighted by Crippen LogP contribution is 2.24. The molecule has 1 amide bonds. The van der Waals surface area contributed by atoms with E-state index in [9.17, 15) is 9.90 Å². The number of aromatic hydroxyl groups is 1. The van der Waals surface area contributed by atoms with Gasteiger partial charge >= 0.3 is 0 Å². The lowest BCUT2D eigenvalue weighted by Crippen LogP contribution is -2.44. The number of aromatic nitrogens is 2. The summed E-state index contributed by atoms with van der Waals surface area (Å²) in [7, 11) is 0. The molecule has 0 saturated carbocycles. The van der Waals surface area contributed by atoms with E-state index in [2.05, 4.69) is 9.97 Å². The Hall–Kier alpha value is -2.95. The first-order valence-corrected chi connectivity index (χ1v) is 9.51. The predicted octanol–water partition coefficient (Wildman–Crippen LogP) is 3.96. The second-order valence-electron chi connectivity index (χ2n) is 7.10. The van der Waals surface area contributed by atoms with Crippen molar-refractivity contribution in [2.75, 3.05) is 6.54 Å². The number of aryl methyl sites for hydroxylation is 1. The van der Waals surface area contributed by atoms with Gasteiger partial charge in [-0.25, -0.2) is 4.98 Å². The molecule has 2 aromatic carbocycles. The molecule has 1 aliphatic rings. The number of para-hydroxylation sites is 2. The number of rotatable bonds is 4. The quantitative estimate of drug-likeness (QED) is 0.764. The molecule has 4 rings (SSSR count). The third-order valence-corrected chi connectivity index (χ3v) is 5.26. The van der Waals surface area contributed by atoms with Crippen molar-refractivity contribution in [1.82, 2.24) is 14.9 Å². The number of phenolic OH excluding ortho intramolecular Hbond substituents is 1. The van der Waals surface area contributed by atoms with E-state index in [4.69, 9.17) is 0 Å². The zero-order valence-corrected chi connectivity index (χ0v) is 15.2. The Morgan fingerprint density at radius 3 is 2.67 bits per heavy atom. The summed E-state index contributed by atoms with van der Waals surface area (Å²) in [5, 5.41) is 9.42. The summed E-state index contributed by atoms with van der Waals surface area (Å²) in [6.45, 7) is 0.771. The molecule has 0 spiro atoms. The number of fused-ring (bicyclic) bond motifs is 1. The fourth-order valence-electron chi connectivity index (χ4n) is 3.77. The lowest BCUT2D eigenvalue weighted by molar-refractivity contribution is 0.0596. The van der Waals surface area contributed by atoms with E-state index in [1.54, 1.807) is 18.3 Å². The summed E-state index contributed by atoms with van der Waals surface area (Å²) in [4.78, 5) is 24.0. The van der Waals surface area contributed by atoms with Crippen LogP contribution in [0.4, 0.5) is 0 Å². The van der Waals surface area contributed by atoms with Gasteiger partial charge in [0.15, 0.2) is 0 Å². The summed E-state index contributed by atoms with van der Waals surface area (Å²) in [6, 6.07) is 15.1. The van der Waals surface area contributed by atoms with Gasteiger partial charge in [-0.1, -0.05) is 24.3 Å². The first-order chi connectivity index (χ1) is 13.2. The molecule has 1 N–H and O–H groups in total. The third kappa shape index (κ3) is 3.92. The van der Waals surface area contributed by atoms with Crippen LogP contribution < -0.4 is 0 Å². The molecule has 27 heavy (non-hydrogen) atoms. The van der Waals surface area contributed by atoms with Crippen molar-refractivity contribution >= 4 is 16.9 Å². The molecule has 0 radical (unpaired) electrons. The molecule has 3 aromatic rings. The van der Waals surface area contributed by atoms with E-state index in [1.165, 1.54) is 5.56 Å². The van der Waals surface area contributed by atoms with Gasteiger partial charge in [0.2, 0.25) is 0 Å². The van der Waals surface area contributed by atoms with Crippen LogP contribution in [-0.4, -0.2) is 38.5 Å². The summed E-state index contributed by atoms with van der Waals surface area (Å²) in [6.07, 6.45) is 6.59. The second kappa shape index (κ2) is 7.74. The van der Waals surface area contributed by atoms with Crippen molar-refractivity contribution in [3.05, 3.63) is 66.0 Å². The van der Waals surface area contributed by atoms with Crippen LogP contribution in [0, 0.1) is 0 Å². The Balaban J connectivity index is 1.50. The number of phenols is 1. The van der Waals surface area contributed by atoms with Gasteiger partial charge in [0.05, 0.1) is 17.2 Å². The van der Waals surface area contributed by atoms with Gasteiger partial charge in [0, 0.05) is 12.6 Å². The summed E-state index contributed by atoms with van der Waals surface area (Å²) >= 11 is 0. The highest BCUT2D eigenvalue weighted by Gasteiger charge is 2.28. The van der Waals surface area contributed by atoms with Crippen LogP contribution in [0.2, 0.25) is 0 Å². The normalized spacial score (nSPS) is 17.2. The zero-order valence-electron chi connectivity index (χ0n) is 15.2. The minimum Gasteiger partial charge on any atom is -0.508 e. The Bertz CT molecular complexity index is 940. The van der Waals surface area contributed by atoms with E-state index in [1.807, 2.05) is 41.3 Å². The smallest absolute Gasteiger partial charge is 0.274 e. The maximum atomic E-state index is 13.1. The lowest BCUT2D eigenvalue weighted by Gasteiger charge is -2.35. The van der Waals surface area contributed by atoms with Crippen LogP contribution in [0.3, 0.4) is 0 Å². The largest absolute Gasteiger partial charge is 0.508 e. The van der Waals surface area contributed by atoms with Crippen molar-refractivity contribution in [1.29, 1.82) is 0 Å². The van der Waals surface area contributed by atoms with Gasteiger partial charge in [0.25, 0.3) is 5.91 Å². The Labute approximate surface area is 158 Å². The van der Waals surface area contributed by atoms with E-state index in [-0.39, 0.29) is 17.7 Å². The van der Waals surface area contributed by atoms with Gasteiger partial charge < -0.3 is 10.0 Å². The van der Waals surface area contributed by atoms with E-state index >= 15 is 0 Å². The van der Waals surface area contributed by atoms with Crippen LogP contribution in [0.1, 0.15) is 41.7 Å². The van der Waals surface area contributed by atoms with Crippen LogP contribution in [0.25, 0.3) is 11.0 Å². The van der Waals surface area contributed by atoms with Crippen molar-refractivity contribution in [3.8, 4) is 5.75 Å². The average molecular weight is 361 g/mol. The summed E-state index contributed by atoms with van der Waals surface area (Å²) < 4.78 is 0. The molecule has 2 heterocycles. The number of likely N-dealkylation sites (tertiary alicyclic amines) is 1. The fourth-order valence-corrected chi connectivity index (χ4v) is 3.77. The number of hydrogen-bond acceptors (Lipinski definition) is 4. The van der Waals surface area contributed by atoms with Crippen molar-refractivity contribution in [3.63, 3.8) is 0 Å². The first-order valence-electron chi connectivity index (χ1n) is 9.51. The van der Waals surface area contributed by atoms with Crippen LogP contribution in [-0.2, 0) is 6.42 Å². The molecular weight excluding hydrogens is 338 g/mol. The summed E-state index contributed by atoms with van der Waals surface area (Å²) in [5.74, 6) is 0.256. The maximum absolute atomic E-state index is 13.1. The molecule has 1 fully saturated rings. The number of benzene rings is 2. The number of carbonyl (C=O) groups excluding carboxylic acids is 1.